The van der Waals surface area contributed by atoms with Gasteiger partial charge in [0.05, 0.1) is 25.5 Å². The van der Waals surface area contributed by atoms with Gasteiger partial charge in [0.2, 0.25) is 5.95 Å². The van der Waals surface area contributed by atoms with Gasteiger partial charge in [-0.1, -0.05) is 12.1 Å². The second-order valence-corrected chi connectivity index (χ2v) is 7.40. The summed E-state index contributed by atoms with van der Waals surface area (Å²) in [5.41, 5.74) is 0.430. The molecule has 3 N–H and O–H groups in total. The SMILES string of the molecule is CCOC(=O)c1nc(N[C@H]2CC[C@@H](O)CC2)nc2c1[nH]c(=O)n2-c1ccccc1OC. The van der Waals surface area contributed by atoms with Crippen LogP contribution < -0.4 is 15.7 Å². The Balaban J connectivity index is 1.86. The van der Waals surface area contributed by atoms with Gasteiger partial charge in [0.25, 0.3) is 0 Å². The number of aromatic amines is 1. The molecule has 1 aromatic carbocycles. The van der Waals surface area contributed by atoms with Crippen LogP contribution in [0.4, 0.5) is 5.95 Å². The molecule has 1 aliphatic carbocycles. The van der Waals surface area contributed by atoms with Crippen LogP contribution >= 0.6 is 0 Å². The van der Waals surface area contributed by atoms with Crippen molar-refractivity contribution < 1.29 is 19.4 Å². The number of H-pyrrole nitrogens is 1. The van der Waals surface area contributed by atoms with Crippen molar-refractivity contribution >= 4 is 23.1 Å². The van der Waals surface area contributed by atoms with Crippen molar-refractivity contribution in [3.63, 3.8) is 0 Å². The Labute approximate surface area is 178 Å². The largest absolute Gasteiger partial charge is 0.495 e. The third-order valence-electron chi connectivity index (χ3n) is 5.36. The Kier molecular flexibility index (Phi) is 5.90. The van der Waals surface area contributed by atoms with Crippen LogP contribution in [0.5, 0.6) is 5.75 Å². The first-order chi connectivity index (χ1) is 15.0. The van der Waals surface area contributed by atoms with E-state index < -0.39 is 11.7 Å². The number of anilines is 1. The first kappa shape index (κ1) is 20.9. The molecule has 0 saturated heterocycles. The molecule has 0 unspecified atom stereocenters. The predicted molar refractivity (Wildman–Crippen MR) is 114 cm³/mol. The third-order valence-corrected chi connectivity index (χ3v) is 5.36. The number of aliphatic hydroxyl groups is 1. The van der Waals surface area contributed by atoms with Crippen LogP contribution in [0, 0.1) is 0 Å². The van der Waals surface area contributed by atoms with Crippen molar-refractivity contribution in [2.24, 2.45) is 0 Å². The molecule has 1 saturated carbocycles. The molecule has 0 spiro atoms. The second kappa shape index (κ2) is 8.76. The van der Waals surface area contributed by atoms with Gasteiger partial charge >= 0.3 is 11.7 Å². The number of para-hydroxylation sites is 2. The Morgan fingerprint density at radius 3 is 2.71 bits per heavy atom. The van der Waals surface area contributed by atoms with E-state index in [1.807, 2.05) is 0 Å². The Morgan fingerprint density at radius 1 is 1.26 bits per heavy atom. The quantitative estimate of drug-likeness (QED) is 0.509. The minimum absolute atomic E-state index is 0.0176. The summed E-state index contributed by atoms with van der Waals surface area (Å²) in [5.74, 6) is 0.0580. The van der Waals surface area contributed by atoms with E-state index >= 15 is 0 Å². The number of methoxy groups -OCH3 is 1. The summed E-state index contributed by atoms with van der Waals surface area (Å²) in [6, 6.07) is 7.10. The van der Waals surface area contributed by atoms with Crippen LogP contribution in [-0.2, 0) is 4.74 Å². The van der Waals surface area contributed by atoms with Gasteiger partial charge in [0, 0.05) is 6.04 Å². The molecule has 0 radical (unpaired) electrons. The Hall–Kier alpha value is -3.40. The number of imidazole rings is 1. The Morgan fingerprint density at radius 2 is 2.00 bits per heavy atom. The molecular formula is C21H25N5O5. The second-order valence-electron chi connectivity index (χ2n) is 7.40. The lowest BCUT2D eigenvalue weighted by molar-refractivity contribution is 0.0522. The predicted octanol–water partition coefficient (Wildman–Crippen LogP) is 2.01. The number of hydrogen-bond donors (Lipinski definition) is 3. The molecule has 1 aliphatic rings. The summed E-state index contributed by atoms with van der Waals surface area (Å²) in [5, 5.41) is 13.0. The molecule has 10 heteroatoms. The molecule has 0 bridgehead atoms. The molecule has 3 aromatic rings. The maximum Gasteiger partial charge on any atom is 0.359 e. The number of esters is 1. The molecule has 2 heterocycles. The fourth-order valence-electron chi connectivity index (χ4n) is 3.84. The van der Waals surface area contributed by atoms with E-state index in [0.717, 1.165) is 12.8 Å². The molecule has 31 heavy (non-hydrogen) atoms. The zero-order chi connectivity index (χ0) is 22.0. The highest BCUT2D eigenvalue weighted by Gasteiger charge is 2.25. The van der Waals surface area contributed by atoms with Crippen LogP contribution in [0.25, 0.3) is 16.9 Å². The number of ether oxygens (including phenoxy) is 2. The monoisotopic (exact) mass is 427 g/mol. The average molecular weight is 427 g/mol. The first-order valence-electron chi connectivity index (χ1n) is 10.3. The van der Waals surface area contributed by atoms with E-state index in [4.69, 9.17) is 9.47 Å². The number of rotatable bonds is 6. The van der Waals surface area contributed by atoms with Gasteiger partial charge in [0.15, 0.2) is 11.3 Å². The molecule has 0 aliphatic heterocycles. The Bertz CT molecular complexity index is 1150. The zero-order valence-corrected chi connectivity index (χ0v) is 17.4. The molecular weight excluding hydrogens is 402 g/mol. The summed E-state index contributed by atoms with van der Waals surface area (Å²) in [6.45, 7) is 1.87. The van der Waals surface area contributed by atoms with E-state index in [9.17, 15) is 14.7 Å². The van der Waals surface area contributed by atoms with Gasteiger partial charge in [-0.05, 0) is 44.7 Å². The lowest BCUT2D eigenvalue weighted by Gasteiger charge is -2.26. The van der Waals surface area contributed by atoms with Crippen molar-refractivity contribution in [2.75, 3.05) is 19.0 Å². The van der Waals surface area contributed by atoms with Crippen molar-refractivity contribution in [3.05, 3.63) is 40.4 Å². The number of benzene rings is 1. The maximum absolute atomic E-state index is 12.9. The zero-order valence-electron chi connectivity index (χ0n) is 17.4. The summed E-state index contributed by atoms with van der Waals surface area (Å²) >= 11 is 0. The van der Waals surface area contributed by atoms with Gasteiger partial charge in [-0.25, -0.2) is 19.1 Å². The van der Waals surface area contributed by atoms with Crippen LogP contribution in [0.1, 0.15) is 43.1 Å². The van der Waals surface area contributed by atoms with Crippen molar-refractivity contribution in [3.8, 4) is 11.4 Å². The number of carbonyl (C=O) groups excluding carboxylic acids is 1. The maximum atomic E-state index is 12.9. The summed E-state index contributed by atoms with van der Waals surface area (Å²) in [7, 11) is 1.52. The molecule has 0 amide bonds. The van der Waals surface area contributed by atoms with Crippen molar-refractivity contribution in [2.45, 2.75) is 44.8 Å². The standard InChI is InChI=1S/C21H25N5O5/c1-3-31-19(28)17-16-18(25-20(23-17)22-12-8-10-13(27)11-9-12)26(21(29)24-16)14-6-4-5-7-15(14)30-2/h4-7,12-13,27H,3,8-11H2,1-2H3,(H,24,29)(H,22,23,25)/t12-,13+. The normalized spacial score (nSPS) is 18.7. The van der Waals surface area contributed by atoms with Crippen molar-refractivity contribution in [1.29, 1.82) is 0 Å². The first-order valence-corrected chi connectivity index (χ1v) is 10.3. The molecule has 0 atom stereocenters. The van der Waals surface area contributed by atoms with Crippen LogP contribution in [0.3, 0.4) is 0 Å². The number of nitrogens with one attached hydrogen (secondary N) is 2. The summed E-state index contributed by atoms with van der Waals surface area (Å²) < 4.78 is 11.9. The summed E-state index contributed by atoms with van der Waals surface area (Å²) in [4.78, 5) is 37.0. The minimum Gasteiger partial charge on any atom is -0.495 e. The number of hydrogen-bond acceptors (Lipinski definition) is 8. The van der Waals surface area contributed by atoms with Gasteiger partial charge in [-0.15, -0.1) is 0 Å². The molecule has 2 aromatic heterocycles. The van der Waals surface area contributed by atoms with Crippen LogP contribution in [0.2, 0.25) is 0 Å². The number of fused-ring (bicyclic) bond motifs is 1. The highest BCUT2D eigenvalue weighted by atomic mass is 16.5. The molecule has 10 nitrogen and oxygen atoms in total. The summed E-state index contributed by atoms with van der Waals surface area (Å²) in [6.07, 6.45) is 2.58. The average Bonchev–Trinajstić information content (AvgIpc) is 3.10. The molecule has 164 valence electrons. The molecule has 1 fully saturated rings. The topological polar surface area (TPSA) is 131 Å². The van der Waals surface area contributed by atoms with Crippen LogP contribution in [0.15, 0.2) is 29.1 Å². The van der Waals surface area contributed by atoms with Gasteiger partial charge in [0.1, 0.15) is 11.3 Å². The lowest BCUT2D eigenvalue weighted by atomic mass is 9.93. The number of nitrogens with zero attached hydrogens (tertiary/aromatic N) is 3. The smallest absolute Gasteiger partial charge is 0.359 e. The fourth-order valence-corrected chi connectivity index (χ4v) is 3.84. The number of aliphatic hydroxyl groups excluding tert-OH is 1. The number of aromatic nitrogens is 4. The van der Waals surface area contributed by atoms with E-state index in [0.29, 0.717) is 24.3 Å². The lowest BCUT2D eigenvalue weighted by Crippen LogP contribution is -2.29. The van der Waals surface area contributed by atoms with Crippen LogP contribution in [-0.4, -0.2) is 56.5 Å². The third kappa shape index (κ3) is 4.11. The van der Waals surface area contributed by atoms with E-state index in [1.54, 1.807) is 31.2 Å². The molecule has 4 rings (SSSR count). The van der Waals surface area contributed by atoms with Gasteiger partial charge in [-0.3, -0.25) is 0 Å². The highest BCUT2D eigenvalue weighted by Crippen LogP contribution is 2.26. The highest BCUT2D eigenvalue weighted by molar-refractivity contribution is 5.99. The van der Waals surface area contributed by atoms with E-state index in [2.05, 4.69) is 20.3 Å². The van der Waals surface area contributed by atoms with E-state index in [-0.39, 0.29) is 41.6 Å². The fraction of sp³-hybridized carbons (Fsp3) is 0.429. The van der Waals surface area contributed by atoms with E-state index in [1.165, 1.54) is 11.7 Å². The van der Waals surface area contributed by atoms with Crippen molar-refractivity contribution in [1.82, 2.24) is 19.5 Å². The number of carbonyl (C=O) groups is 1. The van der Waals surface area contributed by atoms with Gasteiger partial charge < -0.3 is 24.9 Å². The minimum atomic E-state index is -0.648. The van der Waals surface area contributed by atoms with Gasteiger partial charge in [-0.2, -0.15) is 4.98 Å².